The summed E-state index contributed by atoms with van der Waals surface area (Å²) < 4.78 is 26.5. The van der Waals surface area contributed by atoms with E-state index in [2.05, 4.69) is 29.6 Å². The normalized spacial score (nSPS) is 16.9. The molecular weight excluding hydrogens is 350 g/mol. The minimum absolute atomic E-state index is 0.0703. The maximum absolute atomic E-state index is 13.2. The number of carbonyl (C=O) groups is 2. The molecule has 2 aromatic carbocycles. The lowest BCUT2D eigenvalue weighted by molar-refractivity contribution is -0.144. The average molecular weight is 372 g/mol. The fourth-order valence-electron chi connectivity index (χ4n) is 3.43. The van der Waals surface area contributed by atoms with Crippen molar-refractivity contribution in [2.45, 2.75) is 26.2 Å². The molecular formula is C21H22F2N2O2. The van der Waals surface area contributed by atoms with Crippen molar-refractivity contribution in [3.63, 3.8) is 0 Å². The number of aryl methyl sites for hydroxylation is 1. The second-order valence-corrected chi connectivity index (χ2v) is 7.06. The lowest BCUT2D eigenvalue weighted by atomic mass is 9.91. The molecule has 1 heterocycles. The summed E-state index contributed by atoms with van der Waals surface area (Å²) in [5.41, 5.74) is 2.34. The number of anilines is 1. The van der Waals surface area contributed by atoms with Gasteiger partial charge in [0.25, 0.3) is 0 Å². The van der Waals surface area contributed by atoms with Crippen LogP contribution in [-0.2, 0) is 16.0 Å². The van der Waals surface area contributed by atoms with Gasteiger partial charge in [-0.2, -0.15) is 0 Å². The largest absolute Gasteiger partial charge is 0.334 e. The van der Waals surface area contributed by atoms with Crippen LogP contribution in [0.5, 0.6) is 0 Å². The smallest absolute Gasteiger partial charge is 0.313 e. The van der Waals surface area contributed by atoms with Crippen LogP contribution in [0.25, 0.3) is 0 Å². The van der Waals surface area contributed by atoms with Crippen LogP contribution >= 0.6 is 0 Å². The number of rotatable bonds is 3. The second kappa shape index (κ2) is 8.29. The van der Waals surface area contributed by atoms with Crippen molar-refractivity contribution in [1.29, 1.82) is 0 Å². The SMILES string of the molecule is Cc1ccc(C[C@@H]2CCCN(C(=O)C(=O)Nc3cc(F)cc(F)c3)C2)cc1. The number of hydrogen-bond acceptors (Lipinski definition) is 2. The molecule has 0 bridgehead atoms. The Balaban J connectivity index is 1.60. The summed E-state index contributed by atoms with van der Waals surface area (Å²) in [7, 11) is 0. The standard InChI is InChI=1S/C21H22F2N2O2/c1-14-4-6-15(7-5-14)9-16-3-2-8-25(13-16)21(27)20(26)24-19-11-17(22)10-18(23)12-19/h4-7,10-12,16H,2-3,8-9,13H2,1H3,(H,24,26)/t16-/m0/s1. The number of benzene rings is 2. The Hall–Kier alpha value is -2.76. The van der Waals surface area contributed by atoms with Gasteiger partial charge in [-0.1, -0.05) is 29.8 Å². The summed E-state index contributed by atoms with van der Waals surface area (Å²) in [5, 5.41) is 2.28. The molecule has 1 aliphatic heterocycles. The first-order chi connectivity index (χ1) is 12.9. The van der Waals surface area contributed by atoms with Crippen LogP contribution in [0.1, 0.15) is 24.0 Å². The maximum atomic E-state index is 13.2. The van der Waals surface area contributed by atoms with Crippen LogP contribution in [0.15, 0.2) is 42.5 Å². The number of halogens is 2. The average Bonchev–Trinajstić information content (AvgIpc) is 2.62. The molecule has 142 valence electrons. The lowest BCUT2D eigenvalue weighted by Crippen LogP contribution is -2.45. The molecule has 27 heavy (non-hydrogen) atoms. The predicted molar refractivity (Wildman–Crippen MR) is 99.2 cm³/mol. The first-order valence-electron chi connectivity index (χ1n) is 9.02. The van der Waals surface area contributed by atoms with Gasteiger partial charge in [-0.05, 0) is 49.8 Å². The van der Waals surface area contributed by atoms with E-state index >= 15 is 0 Å². The number of carbonyl (C=O) groups excluding carboxylic acids is 2. The summed E-state index contributed by atoms with van der Waals surface area (Å²) in [5.74, 6) is -2.89. The van der Waals surface area contributed by atoms with E-state index in [1.165, 1.54) is 16.0 Å². The summed E-state index contributed by atoms with van der Waals surface area (Å²) >= 11 is 0. The van der Waals surface area contributed by atoms with Crippen LogP contribution < -0.4 is 5.32 Å². The van der Waals surface area contributed by atoms with Gasteiger partial charge in [0.05, 0.1) is 0 Å². The minimum atomic E-state index is -0.879. The highest BCUT2D eigenvalue weighted by Crippen LogP contribution is 2.22. The number of amides is 2. The molecule has 1 fully saturated rings. The summed E-state index contributed by atoms with van der Waals surface area (Å²) in [6, 6.07) is 11.0. The molecule has 6 heteroatoms. The highest BCUT2D eigenvalue weighted by molar-refractivity contribution is 6.39. The summed E-state index contributed by atoms with van der Waals surface area (Å²) in [6.45, 7) is 3.04. The summed E-state index contributed by atoms with van der Waals surface area (Å²) in [4.78, 5) is 26.2. The molecule has 0 saturated carbocycles. The highest BCUT2D eigenvalue weighted by Gasteiger charge is 2.28. The first kappa shape index (κ1) is 19.0. The maximum Gasteiger partial charge on any atom is 0.313 e. The minimum Gasteiger partial charge on any atom is -0.334 e. The number of nitrogens with zero attached hydrogens (tertiary/aromatic N) is 1. The van der Waals surface area contributed by atoms with Crippen LogP contribution in [0.3, 0.4) is 0 Å². The summed E-state index contributed by atoms with van der Waals surface area (Å²) in [6.07, 6.45) is 2.67. The van der Waals surface area contributed by atoms with Crippen molar-refractivity contribution in [2.75, 3.05) is 18.4 Å². The van der Waals surface area contributed by atoms with Crippen LogP contribution in [0.4, 0.5) is 14.5 Å². The topological polar surface area (TPSA) is 49.4 Å². The van der Waals surface area contributed by atoms with Gasteiger partial charge in [0.1, 0.15) is 11.6 Å². The van der Waals surface area contributed by atoms with Crippen LogP contribution in [0, 0.1) is 24.5 Å². The van der Waals surface area contributed by atoms with Gasteiger partial charge >= 0.3 is 11.8 Å². The molecule has 0 radical (unpaired) electrons. The number of piperidine rings is 1. The van der Waals surface area contributed by atoms with Crippen LogP contribution in [0.2, 0.25) is 0 Å². The van der Waals surface area contributed by atoms with Gasteiger partial charge in [0.2, 0.25) is 0 Å². The Morgan fingerprint density at radius 2 is 1.78 bits per heavy atom. The Morgan fingerprint density at radius 3 is 2.44 bits per heavy atom. The monoisotopic (exact) mass is 372 g/mol. The van der Waals surface area contributed by atoms with Crippen molar-refractivity contribution >= 4 is 17.5 Å². The quantitative estimate of drug-likeness (QED) is 0.836. The molecule has 1 saturated heterocycles. The lowest BCUT2D eigenvalue weighted by Gasteiger charge is -2.32. The zero-order valence-electron chi connectivity index (χ0n) is 15.2. The third-order valence-electron chi connectivity index (χ3n) is 4.77. The Kier molecular flexibility index (Phi) is 5.84. The zero-order chi connectivity index (χ0) is 19.4. The number of likely N-dealkylation sites (tertiary alicyclic amines) is 1. The Labute approximate surface area is 157 Å². The van der Waals surface area contributed by atoms with Crippen molar-refractivity contribution in [3.8, 4) is 0 Å². The predicted octanol–water partition coefficient (Wildman–Crippen LogP) is 3.69. The van der Waals surface area contributed by atoms with Gasteiger partial charge < -0.3 is 10.2 Å². The number of nitrogens with one attached hydrogen (secondary N) is 1. The molecule has 1 aliphatic rings. The highest BCUT2D eigenvalue weighted by atomic mass is 19.1. The van der Waals surface area contributed by atoms with Crippen LogP contribution in [-0.4, -0.2) is 29.8 Å². The third-order valence-corrected chi connectivity index (χ3v) is 4.77. The van der Waals surface area contributed by atoms with E-state index < -0.39 is 23.4 Å². The van der Waals surface area contributed by atoms with E-state index in [4.69, 9.17) is 0 Å². The van der Waals surface area contributed by atoms with Crippen molar-refractivity contribution in [2.24, 2.45) is 5.92 Å². The van der Waals surface area contributed by atoms with E-state index in [-0.39, 0.29) is 11.6 Å². The van der Waals surface area contributed by atoms with Gasteiger partial charge in [-0.3, -0.25) is 9.59 Å². The van der Waals surface area contributed by atoms with E-state index in [0.717, 1.165) is 31.4 Å². The van der Waals surface area contributed by atoms with E-state index in [0.29, 0.717) is 19.2 Å². The Bertz CT molecular complexity index is 816. The second-order valence-electron chi connectivity index (χ2n) is 7.06. The molecule has 0 aromatic heterocycles. The molecule has 3 rings (SSSR count). The molecule has 1 atom stereocenters. The fourth-order valence-corrected chi connectivity index (χ4v) is 3.43. The van der Waals surface area contributed by atoms with Crippen molar-refractivity contribution in [1.82, 2.24) is 4.90 Å². The molecule has 1 N–H and O–H groups in total. The zero-order valence-corrected chi connectivity index (χ0v) is 15.2. The third kappa shape index (κ3) is 5.12. The van der Waals surface area contributed by atoms with Gasteiger partial charge in [-0.15, -0.1) is 0 Å². The van der Waals surface area contributed by atoms with Crippen molar-refractivity contribution < 1.29 is 18.4 Å². The Morgan fingerprint density at radius 1 is 1.11 bits per heavy atom. The van der Waals surface area contributed by atoms with Gasteiger partial charge in [0, 0.05) is 24.8 Å². The number of hydrogen-bond donors (Lipinski definition) is 1. The molecule has 0 aliphatic carbocycles. The molecule has 0 spiro atoms. The molecule has 0 unspecified atom stereocenters. The molecule has 2 amide bonds. The van der Waals surface area contributed by atoms with Gasteiger partial charge in [0.15, 0.2) is 0 Å². The molecule has 4 nitrogen and oxygen atoms in total. The first-order valence-corrected chi connectivity index (χ1v) is 9.02. The van der Waals surface area contributed by atoms with E-state index in [1.54, 1.807) is 0 Å². The van der Waals surface area contributed by atoms with Crippen molar-refractivity contribution in [3.05, 3.63) is 65.2 Å². The molecule has 2 aromatic rings. The van der Waals surface area contributed by atoms with E-state index in [1.807, 2.05) is 6.92 Å². The van der Waals surface area contributed by atoms with Gasteiger partial charge in [-0.25, -0.2) is 8.78 Å². The fraction of sp³-hybridized carbons (Fsp3) is 0.333. The van der Waals surface area contributed by atoms with E-state index in [9.17, 15) is 18.4 Å².